The van der Waals surface area contributed by atoms with Crippen LogP contribution in [0, 0.1) is 0 Å². The van der Waals surface area contributed by atoms with E-state index in [0.29, 0.717) is 17.8 Å². The summed E-state index contributed by atoms with van der Waals surface area (Å²) in [6, 6.07) is 8.43. The molecule has 4 rings (SSSR count). The number of anilines is 1. The van der Waals surface area contributed by atoms with E-state index >= 15 is 0 Å². The Hall–Kier alpha value is -2.38. The maximum atomic E-state index is 12.7. The van der Waals surface area contributed by atoms with Gasteiger partial charge in [-0.2, -0.15) is 0 Å². The second-order valence-electron chi connectivity index (χ2n) is 8.70. The molecule has 1 aliphatic carbocycles. The van der Waals surface area contributed by atoms with Gasteiger partial charge in [0.2, 0.25) is 5.91 Å². The number of piperazine rings is 1. The van der Waals surface area contributed by atoms with Crippen LogP contribution in [0.25, 0.3) is 10.9 Å². The van der Waals surface area contributed by atoms with Gasteiger partial charge in [0.05, 0.1) is 31.8 Å². The van der Waals surface area contributed by atoms with E-state index < -0.39 is 5.97 Å². The van der Waals surface area contributed by atoms with Crippen LogP contribution in [0.3, 0.4) is 0 Å². The first-order chi connectivity index (χ1) is 14.7. The van der Waals surface area contributed by atoms with Crippen LogP contribution in [-0.2, 0) is 9.53 Å². The molecular weight excluding hydrogens is 380 g/mol. The van der Waals surface area contributed by atoms with Gasteiger partial charge in [0, 0.05) is 10.9 Å². The summed E-state index contributed by atoms with van der Waals surface area (Å²) in [7, 11) is 1.34. The number of esters is 1. The fraction of sp³-hybridized carbons (Fsp3) is 0.565. The number of aromatic nitrogens is 1. The fourth-order valence-electron chi connectivity index (χ4n) is 5.11. The number of rotatable bonds is 6. The summed E-state index contributed by atoms with van der Waals surface area (Å²) in [6.45, 7) is 5.55. The largest absolute Gasteiger partial charge is 0.464 e. The number of carbonyl (C=O) groups excluding carboxylic acids is 2. The van der Waals surface area contributed by atoms with Gasteiger partial charge in [0.1, 0.15) is 31.9 Å². The summed E-state index contributed by atoms with van der Waals surface area (Å²) >= 11 is 0. The van der Waals surface area contributed by atoms with E-state index in [-0.39, 0.29) is 5.91 Å². The molecule has 2 fully saturated rings. The number of ether oxygens (including phenoxy) is 1. The molecule has 0 radical (unpaired) electrons. The average molecular weight is 415 g/mol. The zero-order valence-electron chi connectivity index (χ0n) is 17.9. The molecule has 0 unspecified atom stereocenters. The molecule has 1 saturated heterocycles. The third kappa shape index (κ3) is 4.68. The number of benzene rings is 1. The van der Waals surface area contributed by atoms with Crippen LogP contribution >= 0.6 is 0 Å². The van der Waals surface area contributed by atoms with Crippen molar-refractivity contribution in [2.24, 2.45) is 0 Å². The van der Waals surface area contributed by atoms with E-state index in [2.05, 4.69) is 10.3 Å². The molecule has 7 nitrogen and oxygen atoms in total. The number of fused-ring (bicyclic) bond motifs is 1. The number of hydrogen-bond acceptors (Lipinski definition) is 3. The minimum absolute atomic E-state index is 0.0561. The standard InChI is InChI=1S/C23H32N4O3/c1-30-23(29)22-21(18-9-5-6-10-19(18)24-22)25-20(28)11-12-26-13-15-27(16-14-26)17-7-3-2-4-8-17/h5-6,9-10,17,24H,2-4,7-8,11-16H2,1H3,(H,25,28)/p+2. The quantitative estimate of drug-likeness (QED) is 0.517. The van der Waals surface area contributed by atoms with Crippen LogP contribution in [0.4, 0.5) is 5.69 Å². The molecule has 162 valence electrons. The van der Waals surface area contributed by atoms with Gasteiger partial charge in [0.25, 0.3) is 0 Å². The first-order valence-electron chi connectivity index (χ1n) is 11.3. The lowest BCUT2D eigenvalue weighted by Gasteiger charge is -2.36. The number of carbonyl (C=O) groups is 2. The Labute approximate surface area is 177 Å². The first-order valence-corrected chi connectivity index (χ1v) is 11.3. The monoisotopic (exact) mass is 414 g/mol. The molecular formula is C23H34N4O3+2. The van der Waals surface area contributed by atoms with Crippen molar-refractivity contribution >= 4 is 28.5 Å². The SMILES string of the molecule is COC(=O)c1[nH]c2ccccc2c1NC(=O)CC[NH+]1CC[NH+](C2CCCCC2)CC1. The maximum Gasteiger partial charge on any atom is 0.356 e. The first kappa shape index (κ1) is 20.9. The predicted octanol–water partition coefficient (Wildman–Crippen LogP) is 0.399. The molecule has 2 aromatic rings. The third-order valence-electron chi connectivity index (χ3n) is 6.85. The van der Waals surface area contributed by atoms with Crippen LogP contribution in [0.5, 0.6) is 0 Å². The Balaban J connectivity index is 1.31. The van der Waals surface area contributed by atoms with Crippen LogP contribution in [0.1, 0.15) is 49.0 Å². The van der Waals surface area contributed by atoms with Crippen molar-refractivity contribution in [3.63, 3.8) is 0 Å². The van der Waals surface area contributed by atoms with Crippen molar-refractivity contribution in [3.8, 4) is 0 Å². The van der Waals surface area contributed by atoms with Crippen LogP contribution < -0.4 is 15.1 Å². The summed E-state index contributed by atoms with van der Waals surface area (Å²) in [5.74, 6) is -0.534. The Kier molecular flexibility index (Phi) is 6.69. The van der Waals surface area contributed by atoms with Crippen molar-refractivity contribution in [2.75, 3.05) is 45.2 Å². The van der Waals surface area contributed by atoms with Crippen LogP contribution in [0.2, 0.25) is 0 Å². The number of amides is 1. The fourth-order valence-corrected chi connectivity index (χ4v) is 5.11. The molecule has 0 spiro atoms. The minimum Gasteiger partial charge on any atom is -0.464 e. The highest BCUT2D eigenvalue weighted by Gasteiger charge is 2.30. The van der Waals surface area contributed by atoms with Gasteiger partial charge in [0.15, 0.2) is 0 Å². The lowest BCUT2D eigenvalue weighted by Crippen LogP contribution is -3.29. The Bertz CT molecular complexity index is 880. The molecule has 1 aliphatic heterocycles. The van der Waals surface area contributed by atoms with E-state index in [9.17, 15) is 9.59 Å². The number of aromatic amines is 1. The molecule has 1 amide bonds. The summed E-state index contributed by atoms with van der Waals surface area (Å²) in [6.07, 6.45) is 7.43. The van der Waals surface area contributed by atoms with Crippen molar-refractivity contribution in [1.82, 2.24) is 4.98 Å². The molecule has 4 N–H and O–H groups in total. The van der Waals surface area contributed by atoms with Gasteiger partial charge in [-0.15, -0.1) is 0 Å². The topological polar surface area (TPSA) is 80.1 Å². The average Bonchev–Trinajstić information content (AvgIpc) is 3.16. The highest BCUT2D eigenvalue weighted by atomic mass is 16.5. The molecule has 0 bridgehead atoms. The van der Waals surface area contributed by atoms with E-state index in [1.54, 1.807) is 4.90 Å². The Morgan fingerprint density at radius 3 is 2.57 bits per heavy atom. The molecule has 2 aliphatic rings. The van der Waals surface area contributed by atoms with Gasteiger partial charge in [-0.25, -0.2) is 4.79 Å². The second-order valence-corrected chi connectivity index (χ2v) is 8.70. The highest BCUT2D eigenvalue weighted by molar-refractivity contribution is 6.10. The zero-order valence-corrected chi connectivity index (χ0v) is 17.9. The van der Waals surface area contributed by atoms with Gasteiger partial charge < -0.3 is 24.8 Å². The highest BCUT2D eigenvalue weighted by Crippen LogP contribution is 2.28. The maximum absolute atomic E-state index is 12.7. The lowest BCUT2D eigenvalue weighted by atomic mass is 9.94. The molecule has 0 atom stereocenters. The number of para-hydroxylation sites is 1. The zero-order chi connectivity index (χ0) is 20.9. The lowest BCUT2D eigenvalue weighted by molar-refractivity contribution is -1.02. The third-order valence-corrected chi connectivity index (χ3v) is 6.85. The van der Waals surface area contributed by atoms with Gasteiger partial charge >= 0.3 is 5.97 Å². The van der Waals surface area contributed by atoms with Gasteiger partial charge in [-0.05, 0) is 31.7 Å². The Morgan fingerprint density at radius 1 is 1.10 bits per heavy atom. The number of H-pyrrole nitrogens is 1. The van der Waals surface area contributed by atoms with Gasteiger partial charge in [-0.1, -0.05) is 24.6 Å². The molecule has 1 aromatic carbocycles. The molecule has 2 heterocycles. The van der Waals surface area contributed by atoms with Crippen LogP contribution in [0.15, 0.2) is 24.3 Å². The van der Waals surface area contributed by atoms with Crippen molar-refractivity contribution in [1.29, 1.82) is 0 Å². The summed E-state index contributed by atoms with van der Waals surface area (Å²) in [5.41, 5.74) is 1.62. The number of methoxy groups -OCH3 is 1. The van der Waals surface area contributed by atoms with E-state index in [1.807, 2.05) is 24.3 Å². The molecule has 1 aromatic heterocycles. The number of quaternary nitrogens is 2. The predicted molar refractivity (Wildman–Crippen MR) is 116 cm³/mol. The smallest absolute Gasteiger partial charge is 0.356 e. The Morgan fingerprint density at radius 2 is 1.83 bits per heavy atom. The molecule has 7 heteroatoms. The minimum atomic E-state index is -0.478. The summed E-state index contributed by atoms with van der Waals surface area (Å²) in [5, 5.41) is 3.78. The van der Waals surface area contributed by atoms with Crippen molar-refractivity contribution in [2.45, 2.75) is 44.6 Å². The van der Waals surface area contributed by atoms with Gasteiger partial charge in [-0.3, -0.25) is 4.79 Å². The second kappa shape index (κ2) is 9.62. The number of hydrogen-bond donors (Lipinski definition) is 4. The van der Waals surface area contributed by atoms with E-state index in [1.165, 1.54) is 57.2 Å². The molecule has 30 heavy (non-hydrogen) atoms. The van der Waals surface area contributed by atoms with Crippen LogP contribution in [-0.4, -0.2) is 62.7 Å². The number of nitrogens with one attached hydrogen (secondary N) is 4. The van der Waals surface area contributed by atoms with E-state index in [4.69, 9.17) is 4.74 Å². The molecule has 1 saturated carbocycles. The van der Waals surface area contributed by atoms with Crippen molar-refractivity contribution in [3.05, 3.63) is 30.0 Å². The van der Waals surface area contributed by atoms with Crippen molar-refractivity contribution < 1.29 is 24.1 Å². The summed E-state index contributed by atoms with van der Waals surface area (Å²) < 4.78 is 4.88. The summed E-state index contributed by atoms with van der Waals surface area (Å²) in [4.78, 5) is 31.2. The normalized spacial score (nSPS) is 22.7. The van der Waals surface area contributed by atoms with E-state index in [0.717, 1.165) is 36.6 Å².